The van der Waals surface area contributed by atoms with E-state index in [0.717, 1.165) is 37.2 Å². The summed E-state index contributed by atoms with van der Waals surface area (Å²) in [5.74, 6) is 3.44. The van der Waals surface area contributed by atoms with Crippen molar-refractivity contribution in [3.05, 3.63) is 35.6 Å². The molecule has 0 heterocycles. The highest BCUT2D eigenvalue weighted by atomic mass is 32.2. The molecule has 20 heavy (non-hydrogen) atoms. The Morgan fingerprint density at radius 2 is 1.95 bits per heavy atom. The van der Waals surface area contributed by atoms with Crippen molar-refractivity contribution >= 4 is 11.8 Å². The lowest BCUT2D eigenvalue weighted by molar-refractivity contribution is 0.433. The van der Waals surface area contributed by atoms with E-state index in [-0.39, 0.29) is 5.82 Å². The molecule has 0 fully saturated rings. The van der Waals surface area contributed by atoms with E-state index < -0.39 is 0 Å². The summed E-state index contributed by atoms with van der Waals surface area (Å²) in [6.07, 6.45) is 1.99. The summed E-state index contributed by atoms with van der Waals surface area (Å²) in [4.78, 5) is 0. The van der Waals surface area contributed by atoms with Crippen LogP contribution in [0, 0.1) is 17.7 Å². The molecule has 0 saturated carbocycles. The van der Waals surface area contributed by atoms with Crippen molar-refractivity contribution in [3.8, 4) is 0 Å². The molecule has 1 rings (SSSR count). The van der Waals surface area contributed by atoms with Gasteiger partial charge >= 0.3 is 0 Å². The van der Waals surface area contributed by atoms with Crippen LogP contribution in [0.4, 0.5) is 4.39 Å². The number of benzene rings is 1. The van der Waals surface area contributed by atoms with Gasteiger partial charge in [0, 0.05) is 0 Å². The number of nitrogens with one attached hydrogen (secondary N) is 1. The molecule has 1 N–H and O–H groups in total. The Morgan fingerprint density at radius 1 is 1.20 bits per heavy atom. The fraction of sp³-hybridized carbons (Fsp3) is 0.647. The van der Waals surface area contributed by atoms with Gasteiger partial charge in [-0.25, -0.2) is 4.39 Å². The summed E-state index contributed by atoms with van der Waals surface area (Å²) in [6, 6.07) is 7.17. The maximum atomic E-state index is 13.8. The Bertz CT molecular complexity index is 368. The van der Waals surface area contributed by atoms with Crippen LogP contribution in [0.25, 0.3) is 0 Å². The Labute approximate surface area is 127 Å². The van der Waals surface area contributed by atoms with Crippen molar-refractivity contribution in [2.24, 2.45) is 11.8 Å². The quantitative estimate of drug-likeness (QED) is 0.643. The minimum atomic E-state index is -0.0653. The Hall–Kier alpha value is -0.540. The van der Waals surface area contributed by atoms with E-state index >= 15 is 0 Å². The molecule has 1 aromatic carbocycles. The van der Waals surface area contributed by atoms with Gasteiger partial charge in [0.1, 0.15) is 5.82 Å². The molecule has 1 aromatic rings. The lowest BCUT2D eigenvalue weighted by atomic mass is 9.96. The predicted octanol–water partition coefficient (Wildman–Crippen LogP) is 4.37. The van der Waals surface area contributed by atoms with Crippen LogP contribution in [0.2, 0.25) is 0 Å². The topological polar surface area (TPSA) is 12.0 Å². The lowest BCUT2D eigenvalue weighted by Crippen LogP contribution is -2.28. The smallest absolute Gasteiger partial charge is 0.126 e. The normalized spacial score (nSPS) is 12.8. The molecule has 0 aromatic heterocycles. The first-order chi connectivity index (χ1) is 9.63. The molecular weight excluding hydrogens is 269 g/mol. The first kappa shape index (κ1) is 17.5. The molecule has 0 spiro atoms. The molecule has 1 atom stereocenters. The van der Waals surface area contributed by atoms with Crippen molar-refractivity contribution in [2.75, 3.05) is 24.6 Å². The zero-order valence-corrected chi connectivity index (χ0v) is 13.8. The zero-order valence-electron chi connectivity index (χ0n) is 13.0. The third-order valence-corrected chi connectivity index (χ3v) is 4.26. The molecule has 0 aliphatic heterocycles. The predicted molar refractivity (Wildman–Crippen MR) is 88.9 cm³/mol. The van der Waals surface area contributed by atoms with Gasteiger partial charge in [0.15, 0.2) is 0 Å². The van der Waals surface area contributed by atoms with Gasteiger partial charge in [-0.3, -0.25) is 0 Å². The van der Waals surface area contributed by atoms with Gasteiger partial charge < -0.3 is 5.32 Å². The summed E-state index contributed by atoms with van der Waals surface area (Å²) in [6.45, 7) is 8.64. The monoisotopic (exact) mass is 297 g/mol. The standard InChI is InChI=1S/C17H28FNS/c1-4-20-10-9-15(13-19-12-14(2)3)11-16-7-5-6-8-17(16)18/h5-8,14-15,19H,4,9-13H2,1-3H3. The van der Waals surface area contributed by atoms with Crippen LogP contribution in [0.3, 0.4) is 0 Å². The fourth-order valence-electron chi connectivity index (χ4n) is 2.22. The van der Waals surface area contributed by atoms with E-state index in [9.17, 15) is 4.39 Å². The summed E-state index contributed by atoms with van der Waals surface area (Å²) < 4.78 is 13.8. The molecule has 0 bridgehead atoms. The van der Waals surface area contributed by atoms with Crippen molar-refractivity contribution in [2.45, 2.75) is 33.6 Å². The molecule has 1 nitrogen and oxygen atoms in total. The summed E-state index contributed by atoms with van der Waals surface area (Å²) in [7, 11) is 0. The maximum Gasteiger partial charge on any atom is 0.126 e. The SMILES string of the molecule is CCSCCC(CNCC(C)C)Cc1ccccc1F. The Balaban J connectivity index is 2.50. The van der Waals surface area contributed by atoms with Crippen molar-refractivity contribution < 1.29 is 4.39 Å². The van der Waals surface area contributed by atoms with E-state index in [1.165, 1.54) is 5.75 Å². The molecule has 1 unspecified atom stereocenters. The summed E-state index contributed by atoms with van der Waals surface area (Å²) in [5, 5.41) is 3.52. The molecule has 3 heteroatoms. The van der Waals surface area contributed by atoms with Crippen LogP contribution in [0.5, 0.6) is 0 Å². The third-order valence-electron chi connectivity index (χ3n) is 3.33. The number of hydrogen-bond donors (Lipinski definition) is 1. The van der Waals surface area contributed by atoms with E-state index in [4.69, 9.17) is 0 Å². The highest BCUT2D eigenvalue weighted by Crippen LogP contribution is 2.17. The van der Waals surface area contributed by atoms with Gasteiger partial charge in [0.2, 0.25) is 0 Å². The number of hydrogen-bond acceptors (Lipinski definition) is 2. The summed E-state index contributed by atoms with van der Waals surface area (Å²) >= 11 is 1.97. The number of rotatable bonds is 10. The average molecular weight is 297 g/mol. The van der Waals surface area contributed by atoms with Crippen LogP contribution >= 0.6 is 11.8 Å². The summed E-state index contributed by atoms with van der Waals surface area (Å²) in [5.41, 5.74) is 0.852. The highest BCUT2D eigenvalue weighted by molar-refractivity contribution is 7.99. The Kier molecular flexibility index (Phi) is 8.95. The fourth-order valence-corrected chi connectivity index (χ4v) is 3.01. The molecular formula is C17H28FNS. The first-order valence-corrected chi connectivity index (χ1v) is 8.80. The van der Waals surface area contributed by atoms with Crippen LogP contribution in [-0.2, 0) is 6.42 Å². The maximum absolute atomic E-state index is 13.8. The minimum Gasteiger partial charge on any atom is -0.316 e. The lowest BCUT2D eigenvalue weighted by Gasteiger charge is -2.19. The van der Waals surface area contributed by atoms with Crippen LogP contribution in [0.1, 0.15) is 32.8 Å². The van der Waals surface area contributed by atoms with Gasteiger partial charge in [-0.2, -0.15) is 11.8 Å². The van der Waals surface area contributed by atoms with Gasteiger partial charge in [-0.15, -0.1) is 0 Å². The van der Waals surface area contributed by atoms with E-state index in [2.05, 4.69) is 26.1 Å². The van der Waals surface area contributed by atoms with Crippen molar-refractivity contribution in [1.29, 1.82) is 0 Å². The first-order valence-electron chi connectivity index (χ1n) is 7.65. The highest BCUT2D eigenvalue weighted by Gasteiger charge is 2.12. The van der Waals surface area contributed by atoms with E-state index in [1.54, 1.807) is 12.1 Å². The number of halogens is 1. The van der Waals surface area contributed by atoms with Gasteiger partial charge in [0.25, 0.3) is 0 Å². The average Bonchev–Trinajstić information content (AvgIpc) is 2.41. The largest absolute Gasteiger partial charge is 0.316 e. The zero-order chi connectivity index (χ0) is 14.8. The molecule has 0 aliphatic carbocycles. The second kappa shape index (κ2) is 10.2. The molecule has 0 aliphatic rings. The van der Waals surface area contributed by atoms with Gasteiger partial charge in [0.05, 0.1) is 0 Å². The number of thioether (sulfide) groups is 1. The van der Waals surface area contributed by atoms with E-state index in [0.29, 0.717) is 11.8 Å². The van der Waals surface area contributed by atoms with Crippen LogP contribution in [0.15, 0.2) is 24.3 Å². The van der Waals surface area contributed by atoms with Crippen LogP contribution in [-0.4, -0.2) is 24.6 Å². The molecule has 0 saturated heterocycles. The Morgan fingerprint density at radius 3 is 2.60 bits per heavy atom. The van der Waals surface area contributed by atoms with Crippen molar-refractivity contribution in [1.82, 2.24) is 5.32 Å². The second-order valence-electron chi connectivity index (χ2n) is 5.70. The molecule has 114 valence electrons. The third kappa shape index (κ3) is 7.30. The van der Waals surface area contributed by atoms with E-state index in [1.807, 2.05) is 23.9 Å². The minimum absolute atomic E-state index is 0.0653. The van der Waals surface area contributed by atoms with Gasteiger partial charge in [-0.1, -0.05) is 39.0 Å². The second-order valence-corrected chi connectivity index (χ2v) is 7.09. The molecule has 0 radical (unpaired) electrons. The molecule has 0 amide bonds. The van der Waals surface area contributed by atoms with Crippen molar-refractivity contribution in [3.63, 3.8) is 0 Å². The van der Waals surface area contributed by atoms with Crippen LogP contribution < -0.4 is 5.32 Å². The van der Waals surface area contributed by atoms with Gasteiger partial charge in [-0.05, 0) is 60.9 Å².